The molecule has 0 radical (unpaired) electrons. The lowest BCUT2D eigenvalue weighted by Crippen LogP contribution is -2.29. The highest BCUT2D eigenvalue weighted by Gasteiger charge is 2.41. The number of rotatable bonds is 28. The van der Waals surface area contributed by atoms with E-state index >= 15 is 0 Å². The van der Waals surface area contributed by atoms with E-state index in [-0.39, 0.29) is 25.7 Å². The van der Waals surface area contributed by atoms with E-state index in [0.717, 1.165) is 18.5 Å². The number of unbranched alkanes of at least 4 members (excludes halogenated alkanes) is 15. The van der Waals surface area contributed by atoms with Gasteiger partial charge in [-0.3, -0.25) is 9.05 Å². The van der Waals surface area contributed by atoms with Gasteiger partial charge in [-0.25, -0.2) is 19.0 Å². The molecule has 0 saturated carbocycles. The third kappa shape index (κ3) is 14.9. The highest BCUT2D eigenvalue weighted by molar-refractivity contribution is 7.47. The average molecular weight is 757 g/mol. The molecule has 1 aliphatic heterocycles. The first-order valence-corrected chi connectivity index (χ1v) is 21.2. The maximum atomic E-state index is 12.9. The number of ether oxygens (including phenoxy) is 3. The van der Waals surface area contributed by atoms with E-state index in [0.29, 0.717) is 36.3 Å². The molecule has 0 spiro atoms. The number of nitrogen functional groups attached to an aromatic ring is 1. The Morgan fingerprint density at radius 1 is 0.981 bits per heavy atom. The van der Waals surface area contributed by atoms with Gasteiger partial charge in [0.25, 0.3) is 0 Å². The normalized spacial score (nSPS) is 18.9. The van der Waals surface area contributed by atoms with Crippen LogP contribution in [0, 0.1) is 11.3 Å². The topological polar surface area (TPSA) is 176 Å². The molecule has 0 bridgehead atoms. The van der Waals surface area contributed by atoms with Gasteiger partial charge in [-0.1, -0.05) is 103 Å². The predicted molar refractivity (Wildman–Crippen MR) is 204 cm³/mol. The number of phosphoric ester groups is 1. The Hall–Kier alpha value is -3.11. The maximum Gasteiger partial charge on any atom is 0.472 e. The fourth-order valence-electron chi connectivity index (χ4n) is 6.77. The lowest BCUT2D eigenvalue weighted by Gasteiger charge is -2.25. The molecule has 14 heteroatoms. The van der Waals surface area contributed by atoms with E-state index < -0.39 is 25.6 Å². The van der Waals surface area contributed by atoms with Crippen LogP contribution in [0.1, 0.15) is 141 Å². The van der Waals surface area contributed by atoms with Gasteiger partial charge in [0.15, 0.2) is 5.82 Å². The second-order valence-corrected chi connectivity index (χ2v) is 15.8. The van der Waals surface area contributed by atoms with E-state index in [1.165, 1.54) is 108 Å². The van der Waals surface area contributed by atoms with Gasteiger partial charge in [-0.05, 0) is 44.4 Å². The molecule has 0 amide bonds. The van der Waals surface area contributed by atoms with Gasteiger partial charge in [0.1, 0.15) is 23.5 Å². The van der Waals surface area contributed by atoms with Gasteiger partial charge in [-0.15, -0.1) is 0 Å². The number of hydrogen-bond acceptors (Lipinski definition) is 11. The van der Waals surface area contributed by atoms with Crippen LogP contribution in [0.3, 0.4) is 0 Å². The molecule has 53 heavy (non-hydrogen) atoms. The van der Waals surface area contributed by atoms with Crippen molar-refractivity contribution < 1.29 is 32.7 Å². The zero-order chi connectivity index (χ0) is 37.8. The first-order chi connectivity index (χ1) is 25.7. The van der Waals surface area contributed by atoms with Crippen molar-refractivity contribution >= 4 is 19.2 Å². The number of nitrogens with two attached hydrogens (primary N) is 1. The van der Waals surface area contributed by atoms with Gasteiger partial charge in [0.2, 0.25) is 5.88 Å². The number of nitrogens with zero attached hydrogens (tertiary/aromatic N) is 5. The van der Waals surface area contributed by atoms with Crippen molar-refractivity contribution in [2.24, 2.45) is 0 Å². The molecular weight excluding hydrogens is 695 g/mol. The van der Waals surface area contributed by atoms with E-state index in [9.17, 15) is 14.7 Å². The first kappa shape index (κ1) is 42.6. The predicted octanol–water partition coefficient (Wildman–Crippen LogP) is 8.83. The van der Waals surface area contributed by atoms with Crippen LogP contribution in [0.25, 0.3) is 5.52 Å². The molecule has 4 atom stereocenters. The molecule has 3 N–H and O–H groups in total. The van der Waals surface area contributed by atoms with Crippen LogP contribution in [-0.4, -0.2) is 63.1 Å². The minimum Gasteiger partial charge on any atom is -0.469 e. The van der Waals surface area contributed by atoms with Crippen LogP contribution in [-0.2, 0) is 28.7 Å². The van der Waals surface area contributed by atoms with Crippen molar-refractivity contribution in [1.82, 2.24) is 19.6 Å². The summed E-state index contributed by atoms with van der Waals surface area (Å²) in [6.07, 6.45) is 23.7. The molecule has 0 aliphatic carbocycles. The van der Waals surface area contributed by atoms with Crippen molar-refractivity contribution in [3.8, 4) is 11.9 Å². The molecular formula is C39H61N6O7P. The van der Waals surface area contributed by atoms with Gasteiger partial charge in [-0.2, -0.15) is 10.4 Å². The van der Waals surface area contributed by atoms with E-state index in [4.69, 9.17) is 29.0 Å². The van der Waals surface area contributed by atoms with Crippen molar-refractivity contribution in [3.05, 3.63) is 48.0 Å². The van der Waals surface area contributed by atoms with Crippen molar-refractivity contribution in [2.75, 3.05) is 32.2 Å². The summed E-state index contributed by atoms with van der Waals surface area (Å²) < 4.78 is 43.5. The van der Waals surface area contributed by atoms with Crippen LogP contribution >= 0.6 is 7.82 Å². The average Bonchev–Trinajstić information content (AvgIpc) is 3.78. The Bertz CT molecular complexity index is 1590. The van der Waals surface area contributed by atoms with E-state index in [2.05, 4.69) is 28.1 Å². The smallest absolute Gasteiger partial charge is 0.469 e. The lowest BCUT2D eigenvalue weighted by atomic mass is 9.98. The van der Waals surface area contributed by atoms with Gasteiger partial charge < -0.3 is 24.8 Å². The van der Waals surface area contributed by atoms with Crippen molar-refractivity contribution in [1.29, 1.82) is 5.26 Å². The number of anilines is 1. The molecule has 1 aliphatic rings. The van der Waals surface area contributed by atoms with Crippen molar-refractivity contribution in [2.45, 2.75) is 147 Å². The van der Waals surface area contributed by atoms with Crippen LogP contribution in [0.4, 0.5) is 5.82 Å². The summed E-state index contributed by atoms with van der Waals surface area (Å²) in [6.45, 7) is 4.43. The fraction of sp³-hybridized carbons (Fsp3) is 0.692. The quantitative estimate of drug-likeness (QED) is 0.0532. The molecule has 4 rings (SSSR count). The Kier molecular flexibility index (Phi) is 18.5. The zero-order valence-corrected chi connectivity index (χ0v) is 32.7. The molecule has 4 heterocycles. The van der Waals surface area contributed by atoms with Crippen LogP contribution < -0.4 is 10.5 Å². The first-order valence-electron chi connectivity index (χ1n) is 19.7. The second-order valence-electron chi connectivity index (χ2n) is 14.3. The summed E-state index contributed by atoms with van der Waals surface area (Å²) >= 11 is 0. The van der Waals surface area contributed by atoms with Crippen LogP contribution in [0.2, 0.25) is 0 Å². The molecule has 0 aromatic carbocycles. The molecule has 1 fully saturated rings. The fourth-order valence-corrected chi connectivity index (χ4v) is 7.55. The SMILES string of the molecule is CCCCCCCCCCCCCCCCCCOC[C@H](COP(=O)(O)OC[C@@H]1CC[C@](C)(c2ccc3c(N)ncnn23)O1)Oc1cc(C#N)ccn1. The minimum atomic E-state index is -4.48. The third-order valence-corrected chi connectivity index (χ3v) is 10.8. The number of aromatic nitrogens is 4. The monoisotopic (exact) mass is 756 g/mol. The summed E-state index contributed by atoms with van der Waals surface area (Å²) in [5.74, 6) is 0.563. The highest BCUT2D eigenvalue weighted by atomic mass is 31.2. The number of hydrogen-bond donors (Lipinski definition) is 2. The second kappa shape index (κ2) is 23.0. The summed E-state index contributed by atoms with van der Waals surface area (Å²) in [5, 5.41) is 13.6. The number of fused-ring (bicyclic) bond motifs is 1. The van der Waals surface area contributed by atoms with Gasteiger partial charge in [0, 0.05) is 18.9 Å². The Labute approximate surface area is 315 Å². The summed E-state index contributed by atoms with van der Waals surface area (Å²) in [7, 11) is -4.48. The number of pyridine rings is 1. The van der Waals surface area contributed by atoms with Crippen molar-refractivity contribution in [3.63, 3.8) is 0 Å². The Morgan fingerprint density at radius 2 is 1.64 bits per heavy atom. The number of phosphoric acid groups is 1. The molecule has 1 unspecified atom stereocenters. The van der Waals surface area contributed by atoms with Gasteiger partial charge in [0.05, 0.1) is 43.3 Å². The minimum absolute atomic E-state index is 0.112. The summed E-state index contributed by atoms with van der Waals surface area (Å²) in [4.78, 5) is 18.8. The standard InChI is InChI=1S/C39H61N6O7P/c1-3-4-5-6-7-8-9-10-11-12-13-14-15-16-17-18-25-48-28-34(51-37-26-32(27-40)22-24-42-37)30-50-53(46,47)49-29-33-21-23-39(2,52-33)36-20-19-35-38(41)43-31-44-45(35)36/h19-20,22,24,26,31,33-34H,3-18,21,23,25,28-30H2,1-2H3,(H,46,47)(H2,41,43,44)/t33-,34+,39+/m0/s1. The van der Waals surface area contributed by atoms with Gasteiger partial charge >= 0.3 is 7.82 Å². The van der Waals surface area contributed by atoms with Crippen LogP contribution in [0.15, 0.2) is 36.8 Å². The Balaban J connectivity index is 1.12. The van der Waals surface area contributed by atoms with E-state index in [1.54, 1.807) is 10.6 Å². The molecule has 13 nitrogen and oxygen atoms in total. The lowest BCUT2D eigenvalue weighted by molar-refractivity contribution is -0.0567. The van der Waals surface area contributed by atoms with Crippen LogP contribution in [0.5, 0.6) is 5.88 Å². The summed E-state index contributed by atoms with van der Waals surface area (Å²) in [6, 6.07) is 8.87. The molecule has 3 aromatic heterocycles. The Morgan fingerprint density at radius 3 is 2.30 bits per heavy atom. The number of nitriles is 1. The highest BCUT2D eigenvalue weighted by Crippen LogP contribution is 2.46. The largest absolute Gasteiger partial charge is 0.472 e. The van der Waals surface area contributed by atoms with E-state index in [1.807, 2.05) is 19.1 Å². The zero-order valence-electron chi connectivity index (χ0n) is 31.8. The summed E-state index contributed by atoms with van der Waals surface area (Å²) in [5.41, 5.74) is 7.16. The third-order valence-electron chi connectivity index (χ3n) is 9.84. The molecule has 294 valence electrons. The maximum absolute atomic E-state index is 12.9. The molecule has 1 saturated heterocycles. The molecule has 3 aromatic rings.